The van der Waals surface area contributed by atoms with E-state index in [2.05, 4.69) is 302 Å². The summed E-state index contributed by atoms with van der Waals surface area (Å²) >= 11 is 7.66. The van der Waals surface area contributed by atoms with E-state index < -0.39 is 5.41 Å². The van der Waals surface area contributed by atoms with Crippen molar-refractivity contribution in [3.05, 3.63) is 268 Å². The lowest BCUT2D eigenvalue weighted by Gasteiger charge is -2.39. The molecule has 15 aromatic rings. The second kappa shape index (κ2) is 19.9. The highest BCUT2D eigenvalue weighted by Gasteiger charge is 2.55. The van der Waals surface area contributed by atoms with Crippen LogP contribution >= 0.6 is 45.3 Å². The fraction of sp³-hybridized carbons (Fsp3) is 0.222. The largest absolute Gasteiger partial charge is 0.135 e. The molecule has 0 bridgehead atoms. The minimum Gasteiger partial charge on any atom is -0.135 e. The van der Waals surface area contributed by atoms with Crippen LogP contribution in [-0.4, -0.2) is 0 Å². The Morgan fingerprint density at radius 2 is 0.564 bits per heavy atom. The first kappa shape index (κ1) is 58.4. The predicted molar refractivity (Wildman–Crippen MR) is 415 cm³/mol. The van der Waals surface area contributed by atoms with Crippen molar-refractivity contribution in [2.45, 2.75) is 129 Å². The highest BCUT2D eigenvalue weighted by atomic mass is 32.1. The van der Waals surface area contributed by atoms with Crippen LogP contribution in [0.15, 0.2) is 218 Å². The summed E-state index contributed by atoms with van der Waals surface area (Å²) in [5.41, 5.74) is 24.5. The zero-order valence-corrected chi connectivity index (χ0v) is 59.3. The molecule has 0 N–H and O–H groups in total. The molecule has 0 saturated heterocycles. The van der Waals surface area contributed by atoms with Gasteiger partial charge in [-0.2, -0.15) is 0 Å². The molecule has 3 aliphatic rings. The standard InChI is InChI=1S/C90H76S4/c1-85(2,3)56-20-31-80-68(44-56)65-38-50(17-28-77(65)91-80)53-14-25-61-62-26-15-54(51-18-29-78-66(39-51)69-45-57(86(4,5)6)21-32-81(69)92-78)42-74(62)90(73(61)41-53)75-43-55(52-19-30-79-67(40-52)70-46-58(87(7,8)9)22-33-82(70)93-79)16-27-63(75)64-36-37-89(13,49-76(64)90)60-24-35-84-72(48-60)71-47-59(88(10,11)12)23-34-83(71)94-84/h14-48H,49H2,1-13H3. The summed E-state index contributed by atoms with van der Waals surface area (Å²) in [6.07, 6.45) is 5.97. The summed E-state index contributed by atoms with van der Waals surface area (Å²) in [4.78, 5) is 0. The van der Waals surface area contributed by atoms with E-state index in [9.17, 15) is 0 Å². The van der Waals surface area contributed by atoms with E-state index in [1.54, 1.807) is 0 Å². The minimum atomic E-state index is -0.646. The van der Waals surface area contributed by atoms with Crippen molar-refractivity contribution >= 4 is 132 Å². The fourth-order valence-corrected chi connectivity index (χ4v) is 20.5. The first-order valence-corrected chi connectivity index (χ1v) is 36.9. The Morgan fingerprint density at radius 3 is 0.915 bits per heavy atom. The van der Waals surface area contributed by atoms with Crippen molar-refractivity contribution in [1.29, 1.82) is 0 Å². The molecule has 3 aliphatic carbocycles. The van der Waals surface area contributed by atoms with Crippen molar-refractivity contribution in [2.75, 3.05) is 0 Å². The van der Waals surface area contributed by atoms with E-state index in [0.29, 0.717) is 0 Å². The second-order valence-corrected chi connectivity index (χ2v) is 36.3. The number of benzene rings is 11. The Morgan fingerprint density at radius 1 is 0.287 bits per heavy atom. The zero-order chi connectivity index (χ0) is 64.5. The molecular weight excluding hydrogens is 1210 g/mol. The minimum absolute atomic E-state index is 0.0438. The molecule has 1 unspecified atom stereocenters. The van der Waals surface area contributed by atoms with Gasteiger partial charge in [0.15, 0.2) is 0 Å². The number of hydrogen-bond donors (Lipinski definition) is 0. The lowest BCUT2D eigenvalue weighted by molar-refractivity contribution is 0.547. The summed E-state index contributed by atoms with van der Waals surface area (Å²) in [5, 5.41) is 10.8. The van der Waals surface area contributed by atoms with Gasteiger partial charge in [0, 0.05) is 86.1 Å². The van der Waals surface area contributed by atoms with Gasteiger partial charge in [-0.1, -0.05) is 187 Å². The maximum absolute atomic E-state index is 2.64. The normalized spacial score (nSPS) is 16.4. The van der Waals surface area contributed by atoms with Crippen LogP contribution in [-0.2, 0) is 32.5 Å². The van der Waals surface area contributed by atoms with Gasteiger partial charge < -0.3 is 0 Å². The average molecular weight is 1290 g/mol. The highest BCUT2D eigenvalue weighted by molar-refractivity contribution is 7.27. The van der Waals surface area contributed by atoms with E-state index in [1.165, 1.54) is 186 Å². The van der Waals surface area contributed by atoms with Crippen molar-refractivity contribution in [1.82, 2.24) is 0 Å². The molecule has 1 spiro atoms. The Hall–Kier alpha value is -8.22. The summed E-state index contributed by atoms with van der Waals surface area (Å²) in [7, 11) is 0. The molecule has 1 atom stereocenters. The zero-order valence-electron chi connectivity index (χ0n) is 56.0. The summed E-state index contributed by atoms with van der Waals surface area (Å²) in [6, 6.07) is 80.6. The van der Waals surface area contributed by atoms with Gasteiger partial charge in [-0.25, -0.2) is 0 Å². The Kier molecular flexibility index (Phi) is 12.4. The van der Waals surface area contributed by atoms with Crippen LogP contribution in [0.3, 0.4) is 0 Å². The number of fused-ring (bicyclic) bond motifs is 21. The van der Waals surface area contributed by atoms with E-state index in [4.69, 9.17) is 0 Å². The molecule has 11 aromatic carbocycles. The number of thiophene rings is 4. The maximum atomic E-state index is 2.64. The lowest BCUT2D eigenvalue weighted by Crippen LogP contribution is -2.33. The highest BCUT2D eigenvalue weighted by Crippen LogP contribution is 2.66. The second-order valence-electron chi connectivity index (χ2n) is 31.9. The van der Waals surface area contributed by atoms with Crippen molar-refractivity contribution < 1.29 is 0 Å². The summed E-state index contributed by atoms with van der Waals surface area (Å²) in [5.74, 6) is 0. The molecule has 4 heterocycles. The Labute approximate surface area is 568 Å². The Balaban J connectivity index is 0.885. The molecule has 0 saturated carbocycles. The maximum Gasteiger partial charge on any atom is 0.0689 e. The van der Waals surface area contributed by atoms with Crippen LogP contribution in [0.5, 0.6) is 0 Å². The molecular formula is C90H76S4. The number of hydrogen-bond acceptors (Lipinski definition) is 4. The monoisotopic (exact) mass is 1280 g/mol. The molecule has 94 heavy (non-hydrogen) atoms. The van der Waals surface area contributed by atoms with Crippen LogP contribution in [0.2, 0.25) is 0 Å². The predicted octanol–water partition coefficient (Wildman–Crippen LogP) is 27.3. The van der Waals surface area contributed by atoms with Gasteiger partial charge in [-0.3, -0.25) is 0 Å². The first-order valence-electron chi connectivity index (χ1n) is 33.6. The van der Waals surface area contributed by atoms with Crippen molar-refractivity contribution in [2.24, 2.45) is 0 Å². The smallest absolute Gasteiger partial charge is 0.0689 e. The van der Waals surface area contributed by atoms with E-state index in [0.717, 1.165) is 6.42 Å². The summed E-state index contributed by atoms with van der Waals surface area (Å²) < 4.78 is 10.7. The third-order valence-electron chi connectivity index (χ3n) is 21.8. The SMILES string of the molecule is CC(C)(C)c1ccc2sc3ccc(-c4ccc5c(c4)C4(C6=C5C=CC(C)(c5ccc7sc8ccc(C(C)(C)C)cc8c7c5)C6)c5cc(-c6ccc7sc8ccc(C(C)(C)C)cc8c7c6)ccc5-c5ccc(-c6ccc7sc8ccc(C(C)(C)C)cc8c7c6)cc54)cc3c2c1. The fourth-order valence-electron chi connectivity index (χ4n) is 16.3. The van der Waals surface area contributed by atoms with Crippen molar-refractivity contribution in [3.8, 4) is 44.5 Å². The molecule has 4 aromatic heterocycles. The van der Waals surface area contributed by atoms with Gasteiger partial charge in [0.2, 0.25) is 0 Å². The molecule has 0 nitrogen and oxygen atoms in total. The number of rotatable bonds is 4. The molecule has 0 amide bonds. The van der Waals surface area contributed by atoms with Gasteiger partial charge >= 0.3 is 0 Å². The van der Waals surface area contributed by atoms with Gasteiger partial charge in [0.05, 0.1) is 5.41 Å². The topological polar surface area (TPSA) is 0 Å². The van der Waals surface area contributed by atoms with Gasteiger partial charge in [0.25, 0.3) is 0 Å². The van der Waals surface area contributed by atoms with Crippen LogP contribution in [0, 0.1) is 0 Å². The molecule has 0 radical (unpaired) electrons. The Bertz CT molecular complexity index is 5700. The molecule has 460 valence electrons. The van der Waals surface area contributed by atoms with E-state index in [-0.39, 0.29) is 27.1 Å². The van der Waals surface area contributed by atoms with Crippen LogP contribution in [0.25, 0.3) is 131 Å². The van der Waals surface area contributed by atoms with E-state index >= 15 is 0 Å². The lowest BCUT2D eigenvalue weighted by atomic mass is 9.63. The van der Waals surface area contributed by atoms with Crippen LogP contribution in [0.4, 0.5) is 0 Å². The first-order chi connectivity index (χ1) is 44.9. The van der Waals surface area contributed by atoms with Gasteiger partial charge in [-0.15, -0.1) is 45.3 Å². The van der Waals surface area contributed by atoms with Crippen LogP contribution in [0.1, 0.15) is 147 Å². The quantitative estimate of drug-likeness (QED) is 0.165. The third kappa shape index (κ3) is 8.78. The molecule has 0 aliphatic heterocycles. The number of allylic oxidation sites excluding steroid dienone is 4. The average Bonchev–Trinajstić information content (AvgIpc) is 1.50. The van der Waals surface area contributed by atoms with E-state index in [1.807, 2.05) is 45.3 Å². The molecule has 18 rings (SSSR count). The van der Waals surface area contributed by atoms with Crippen molar-refractivity contribution in [3.63, 3.8) is 0 Å². The van der Waals surface area contributed by atoms with Gasteiger partial charge in [-0.05, 0) is 249 Å². The van der Waals surface area contributed by atoms with Crippen LogP contribution < -0.4 is 0 Å². The third-order valence-corrected chi connectivity index (χ3v) is 26.4. The van der Waals surface area contributed by atoms with Gasteiger partial charge in [0.1, 0.15) is 0 Å². The molecule has 4 heteroatoms. The summed E-state index contributed by atoms with van der Waals surface area (Å²) in [6.45, 7) is 30.5. The molecule has 0 fully saturated rings.